The number of halogens is 1. The molecule has 130 valence electrons. The number of rotatable bonds is 1. The molecule has 0 amide bonds. The summed E-state index contributed by atoms with van der Waals surface area (Å²) in [5, 5.41) is 10.2. The molecule has 5 nitrogen and oxygen atoms in total. The van der Waals surface area contributed by atoms with Crippen molar-refractivity contribution in [1.82, 2.24) is 14.5 Å². The maximum atomic E-state index is 12.8. The van der Waals surface area contributed by atoms with Gasteiger partial charge < -0.3 is 0 Å². The van der Waals surface area contributed by atoms with Crippen molar-refractivity contribution in [2.45, 2.75) is 44.8 Å². The van der Waals surface area contributed by atoms with E-state index in [9.17, 15) is 10.1 Å². The van der Waals surface area contributed by atoms with Crippen LogP contribution in [0.4, 0.5) is 0 Å². The maximum absolute atomic E-state index is 12.8. The molecule has 2 aromatic heterocycles. The van der Waals surface area contributed by atoms with Crippen LogP contribution in [0.2, 0.25) is 0 Å². The van der Waals surface area contributed by atoms with Crippen molar-refractivity contribution in [3.63, 3.8) is 0 Å². The van der Waals surface area contributed by atoms with E-state index in [0.717, 1.165) is 15.9 Å². The fraction of sp³-hybridized carbons (Fsp3) is 0.444. The highest BCUT2D eigenvalue weighted by Crippen LogP contribution is 2.33. The van der Waals surface area contributed by atoms with Crippen LogP contribution in [0.25, 0.3) is 11.3 Å². The average Bonchev–Trinajstić information content (AvgIpc) is 2.54. The summed E-state index contributed by atoms with van der Waals surface area (Å²) >= 11 is 5.13. The largest absolute Gasteiger partial charge is 0.286 e. The van der Waals surface area contributed by atoms with Gasteiger partial charge in [0.2, 0.25) is 0 Å². The van der Waals surface area contributed by atoms with Crippen molar-refractivity contribution < 1.29 is 0 Å². The maximum Gasteiger partial charge on any atom is 0.272 e. The number of hydrogen-bond donors (Lipinski definition) is 0. The monoisotopic (exact) mass is 418 g/mol. The molecule has 0 spiro atoms. The van der Waals surface area contributed by atoms with Crippen molar-refractivity contribution in [3.8, 4) is 17.3 Å². The molecule has 3 rings (SSSR count). The number of pyridine rings is 1. The van der Waals surface area contributed by atoms with Crippen molar-refractivity contribution >= 4 is 27.7 Å². The second kappa shape index (κ2) is 6.58. The lowest BCUT2D eigenvalue weighted by Crippen LogP contribution is -2.32. The summed E-state index contributed by atoms with van der Waals surface area (Å²) in [6.45, 7) is 8.95. The Hall–Kier alpha value is -1.65. The summed E-state index contributed by atoms with van der Waals surface area (Å²) < 4.78 is 2.47. The minimum Gasteiger partial charge on any atom is -0.286 e. The minimum absolute atomic E-state index is 0.0793. The van der Waals surface area contributed by atoms with Gasteiger partial charge in [-0.05, 0) is 27.9 Å². The number of nitrogens with zero attached hydrogens (tertiary/aromatic N) is 4. The van der Waals surface area contributed by atoms with Gasteiger partial charge >= 0.3 is 0 Å². The van der Waals surface area contributed by atoms with Crippen molar-refractivity contribution in [2.24, 2.45) is 5.92 Å². The molecule has 2 aromatic rings. The van der Waals surface area contributed by atoms with E-state index >= 15 is 0 Å². The Morgan fingerprint density at radius 3 is 2.76 bits per heavy atom. The molecule has 0 fully saturated rings. The first kappa shape index (κ1) is 18.2. The van der Waals surface area contributed by atoms with Gasteiger partial charge in [-0.25, -0.2) is 4.98 Å². The third kappa shape index (κ3) is 3.38. The summed E-state index contributed by atoms with van der Waals surface area (Å²) in [6.07, 6.45) is 1.70. The molecule has 0 bridgehead atoms. The van der Waals surface area contributed by atoms with E-state index in [2.05, 4.69) is 53.6 Å². The second-order valence-electron chi connectivity index (χ2n) is 7.37. The van der Waals surface area contributed by atoms with E-state index in [4.69, 9.17) is 0 Å². The van der Waals surface area contributed by atoms with E-state index in [1.165, 1.54) is 0 Å². The van der Waals surface area contributed by atoms with Crippen LogP contribution in [0, 0.1) is 17.2 Å². The number of hydrogen-bond acceptors (Lipinski definition) is 5. The molecule has 0 aromatic carbocycles. The summed E-state index contributed by atoms with van der Waals surface area (Å²) in [5.41, 5.74) is 1.72. The van der Waals surface area contributed by atoms with Crippen molar-refractivity contribution in [1.29, 1.82) is 5.26 Å². The van der Waals surface area contributed by atoms with Gasteiger partial charge in [0.25, 0.3) is 5.56 Å². The van der Waals surface area contributed by atoms with E-state index in [1.807, 2.05) is 12.1 Å². The van der Waals surface area contributed by atoms with Gasteiger partial charge in [0.05, 0.1) is 11.4 Å². The van der Waals surface area contributed by atoms with Gasteiger partial charge in [-0.2, -0.15) is 5.26 Å². The Balaban J connectivity index is 2.19. The normalized spacial score (nSPS) is 17.0. The Morgan fingerprint density at radius 2 is 2.16 bits per heavy atom. The van der Waals surface area contributed by atoms with Gasteiger partial charge in [0.15, 0.2) is 5.16 Å². The van der Waals surface area contributed by atoms with E-state index in [-0.39, 0.29) is 16.5 Å². The smallest absolute Gasteiger partial charge is 0.272 e. The highest BCUT2D eigenvalue weighted by Gasteiger charge is 2.25. The Morgan fingerprint density at radius 1 is 1.44 bits per heavy atom. The number of aromatic nitrogens is 3. The first-order valence-corrected chi connectivity index (χ1v) is 9.84. The first-order valence-electron chi connectivity index (χ1n) is 8.06. The van der Waals surface area contributed by atoms with E-state index in [1.54, 1.807) is 22.5 Å². The van der Waals surface area contributed by atoms with Gasteiger partial charge in [0, 0.05) is 33.9 Å². The zero-order chi connectivity index (χ0) is 18.4. The predicted octanol–water partition coefficient (Wildman–Crippen LogP) is 3.98. The topological polar surface area (TPSA) is 71.6 Å². The van der Waals surface area contributed by atoms with Crippen LogP contribution in [0.5, 0.6) is 0 Å². The second-order valence-corrected chi connectivity index (χ2v) is 9.21. The quantitative estimate of drug-likeness (QED) is 0.654. The van der Waals surface area contributed by atoms with E-state index in [0.29, 0.717) is 28.9 Å². The molecule has 1 unspecified atom stereocenters. The average molecular weight is 419 g/mol. The fourth-order valence-electron chi connectivity index (χ4n) is 2.82. The molecular formula is C18H19BrN4OS. The van der Waals surface area contributed by atoms with Crippen molar-refractivity contribution in [2.75, 3.05) is 5.75 Å². The van der Waals surface area contributed by atoms with Gasteiger partial charge in [0.1, 0.15) is 11.6 Å². The third-order valence-electron chi connectivity index (χ3n) is 4.06. The van der Waals surface area contributed by atoms with Crippen LogP contribution in [-0.4, -0.2) is 20.3 Å². The molecule has 7 heteroatoms. The van der Waals surface area contributed by atoms with Crippen LogP contribution in [0.15, 0.2) is 26.7 Å². The number of nitriles is 1. The van der Waals surface area contributed by atoms with E-state index < -0.39 is 0 Å². The summed E-state index contributed by atoms with van der Waals surface area (Å²) in [7, 11) is 0. The van der Waals surface area contributed by atoms with Crippen LogP contribution in [0.3, 0.4) is 0 Å². The molecule has 0 aliphatic carbocycles. The van der Waals surface area contributed by atoms with Crippen LogP contribution in [-0.2, 0) is 12.0 Å². The Bertz CT molecular complexity index is 940. The van der Waals surface area contributed by atoms with Gasteiger partial charge in [-0.15, -0.1) is 0 Å². The van der Waals surface area contributed by atoms with Gasteiger partial charge in [-0.3, -0.25) is 14.3 Å². The molecule has 0 radical (unpaired) electrons. The SMILES string of the molecule is CC1CSc2nc(-c3cnc(C(C)(C)C)c(Br)c3)c(C#N)c(=O)n2C1. The minimum atomic E-state index is -0.266. The van der Waals surface area contributed by atoms with Crippen LogP contribution in [0.1, 0.15) is 39.0 Å². The molecule has 1 aliphatic heterocycles. The zero-order valence-corrected chi connectivity index (χ0v) is 17.0. The fourth-order valence-corrected chi connectivity index (χ4v) is 4.77. The molecule has 1 atom stereocenters. The summed E-state index contributed by atoms with van der Waals surface area (Å²) in [4.78, 5) is 21.9. The van der Waals surface area contributed by atoms with Crippen molar-refractivity contribution in [3.05, 3.63) is 38.3 Å². The molecule has 25 heavy (non-hydrogen) atoms. The molecule has 1 aliphatic rings. The van der Waals surface area contributed by atoms with Crippen LogP contribution < -0.4 is 5.56 Å². The zero-order valence-electron chi connectivity index (χ0n) is 14.6. The molecule has 0 saturated carbocycles. The molecule has 0 saturated heterocycles. The molecule has 3 heterocycles. The lowest BCUT2D eigenvalue weighted by Gasteiger charge is -2.23. The lowest BCUT2D eigenvalue weighted by atomic mass is 9.91. The molecular weight excluding hydrogens is 400 g/mol. The number of fused-ring (bicyclic) bond motifs is 1. The summed E-state index contributed by atoms with van der Waals surface area (Å²) in [5.74, 6) is 1.30. The lowest BCUT2D eigenvalue weighted by molar-refractivity contribution is 0.460. The molecule has 0 N–H and O–H groups in total. The highest BCUT2D eigenvalue weighted by molar-refractivity contribution is 9.10. The summed E-state index contributed by atoms with van der Waals surface area (Å²) in [6, 6.07) is 3.94. The third-order valence-corrected chi connectivity index (χ3v) is 5.97. The number of thioether (sulfide) groups is 1. The highest BCUT2D eigenvalue weighted by atomic mass is 79.9. The Labute approximate surface area is 159 Å². The van der Waals surface area contributed by atoms with Crippen LogP contribution >= 0.6 is 27.7 Å². The first-order chi connectivity index (χ1) is 11.7. The standard InChI is InChI=1S/C18H19BrN4OS/c1-10-8-23-16(24)12(6-20)14(22-17(23)25-9-10)11-5-13(19)15(21-7-11)18(2,3)4/h5,7,10H,8-9H2,1-4H3. The Kier molecular flexibility index (Phi) is 4.78. The predicted molar refractivity (Wildman–Crippen MR) is 103 cm³/mol. The van der Waals surface area contributed by atoms with Gasteiger partial charge in [-0.1, -0.05) is 39.5 Å².